The topological polar surface area (TPSA) is 59.2 Å². The lowest BCUT2D eigenvalue weighted by molar-refractivity contribution is 0.0996. The molecule has 2 rings (SSSR count). The number of fused-ring (bicyclic) bond motifs is 1. The summed E-state index contributed by atoms with van der Waals surface area (Å²) in [5.74, 6) is -0.486. The number of carbonyl (C=O) groups is 1. The maximum Gasteiger partial charge on any atom is 0.267 e. The molecular weight excluding hydrogens is 258 g/mol. The monoisotopic (exact) mass is 277 g/mol. The van der Waals surface area contributed by atoms with Crippen LogP contribution in [0.25, 0.3) is 10.1 Å². The van der Waals surface area contributed by atoms with E-state index < -0.39 is 5.91 Å². The molecule has 5 heteroatoms. The lowest BCUT2D eigenvalue weighted by Gasteiger charge is -2.32. The molecule has 2 N–H and O–H groups in total. The number of hydrogen-bond donors (Lipinski definition) is 1. The van der Waals surface area contributed by atoms with Gasteiger partial charge in [0.25, 0.3) is 5.91 Å². The molecule has 4 nitrogen and oxygen atoms in total. The Labute approximate surface area is 117 Å². The quantitative estimate of drug-likeness (QED) is 0.934. The number of amides is 1. The van der Waals surface area contributed by atoms with E-state index in [1.807, 2.05) is 0 Å². The fourth-order valence-electron chi connectivity index (χ4n) is 2.41. The van der Waals surface area contributed by atoms with Crippen molar-refractivity contribution in [1.29, 1.82) is 0 Å². The van der Waals surface area contributed by atoms with Crippen molar-refractivity contribution in [3.63, 3.8) is 0 Å². The van der Waals surface area contributed by atoms with Crippen molar-refractivity contribution in [3.05, 3.63) is 23.3 Å². The van der Waals surface area contributed by atoms with Crippen LogP contribution >= 0.6 is 11.3 Å². The molecule has 0 saturated heterocycles. The molecule has 0 spiro atoms. The third-order valence-corrected chi connectivity index (χ3v) is 4.00. The molecule has 2 aromatic rings. The molecule has 0 aliphatic rings. The SMILES string of the molecule is CC(C)N(c1csc2cnc(C(N)=O)cc12)C(C)C. The van der Waals surface area contributed by atoms with Crippen molar-refractivity contribution in [2.24, 2.45) is 5.73 Å². The Bertz CT molecular complexity index is 596. The summed E-state index contributed by atoms with van der Waals surface area (Å²) in [6.45, 7) is 8.67. The molecular formula is C14H19N3OS. The number of thiophene rings is 1. The van der Waals surface area contributed by atoms with E-state index in [0.717, 1.165) is 15.8 Å². The summed E-state index contributed by atoms with van der Waals surface area (Å²) in [5, 5.41) is 3.17. The van der Waals surface area contributed by atoms with Crippen molar-refractivity contribution < 1.29 is 4.79 Å². The van der Waals surface area contributed by atoms with Gasteiger partial charge in [-0.05, 0) is 33.8 Å². The van der Waals surface area contributed by atoms with Gasteiger partial charge in [-0.3, -0.25) is 4.79 Å². The fraction of sp³-hybridized carbons (Fsp3) is 0.429. The Morgan fingerprint density at radius 1 is 1.32 bits per heavy atom. The van der Waals surface area contributed by atoms with E-state index in [1.54, 1.807) is 23.6 Å². The molecule has 0 atom stereocenters. The highest BCUT2D eigenvalue weighted by molar-refractivity contribution is 7.17. The van der Waals surface area contributed by atoms with Crippen LogP contribution in [0.4, 0.5) is 5.69 Å². The standard InChI is InChI=1S/C14H19N3OS/c1-8(2)17(9(3)4)12-7-19-13-6-16-11(14(15)18)5-10(12)13/h5-9H,1-4H3,(H2,15,18). The fourth-order valence-corrected chi connectivity index (χ4v) is 3.30. The van der Waals surface area contributed by atoms with Crippen LogP contribution in [0.15, 0.2) is 17.6 Å². The number of primary amides is 1. The van der Waals surface area contributed by atoms with E-state index in [1.165, 1.54) is 0 Å². The van der Waals surface area contributed by atoms with Crippen LogP contribution in [0, 0.1) is 0 Å². The second-order valence-electron chi connectivity index (χ2n) is 5.15. The first kappa shape index (κ1) is 13.8. The average Bonchev–Trinajstić information content (AvgIpc) is 2.71. The van der Waals surface area contributed by atoms with Crippen molar-refractivity contribution in [2.45, 2.75) is 39.8 Å². The van der Waals surface area contributed by atoms with Crippen LogP contribution < -0.4 is 10.6 Å². The maximum atomic E-state index is 11.3. The highest BCUT2D eigenvalue weighted by Crippen LogP contribution is 2.35. The van der Waals surface area contributed by atoms with Gasteiger partial charge in [-0.1, -0.05) is 0 Å². The van der Waals surface area contributed by atoms with E-state index in [4.69, 9.17) is 5.73 Å². The summed E-state index contributed by atoms with van der Waals surface area (Å²) in [6, 6.07) is 2.58. The Balaban J connectivity index is 2.59. The highest BCUT2D eigenvalue weighted by atomic mass is 32.1. The first-order chi connectivity index (χ1) is 8.91. The number of nitrogens with zero attached hydrogens (tertiary/aromatic N) is 2. The van der Waals surface area contributed by atoms with Gasteiger partial charge in [-0.25, -0.2) is 4.98 Å². The Kier molecular flexibility index (Phi) is 3.75. The molecule has 0 aromatic carbocycles. The van der Waals surface area contributed by atoms with Crippen molar-refractivity contribution in [3.8, 4) is 0 Å². The molecule has 1 amide bonds. The van der Waals surface area contributed by atoms with Crippen molar-refractivity contribution in [1.82, 2.24) is 4.98 Å². The minimum absolute atomic E-state index is 0.319. The summed E-state index contributed by atoms with van der Waals surface area (Å²) in [5.41, 5.74) is 6.77. The first-order valence-electron chi connectivity index (χ1n) is 6.37. The van der Waals surface area contributed by atoms with Gasteiger partial charge in [0.1, 0.15) is 5.69 Å². The minimum Gasteiger partial charge on any atom is -0.366 e. The molecule has 0 aliphatic carbocycles. The smallest absolute Gasteiger partial charge is 0.267 e. The second-order valence-corrected chi connectivity index (χ2v) is 6.06. The largest absolute Gasteiger partial charge is 0.366 e. The Morgan fingerprint density at radius 3 is 2.47 bits per heavy atom. The number of nitrogens with two attached hydrogens (primary N) is 1. The molecule has 0 bridgehead atoms. The van der Waals surface area contributed by atoms with Gasteiger partial charge in [0.15, 0.2) is 0 Å². The molecule has 0 unspecified atom stereocenters. The van der Waals surface area contributed by atoms with E-state index in [-0.39, 0.29) is 0 Å². The molecule has 102 valence electrons. The maximum absolute atomic E-state index is 11.3. The van der Waals surface area contributed by atoms with Crippen LogP contribution in [0.1, 0.15) is 38.2 Å². The number of pyridine rings is 1. The molecule has 0 aliphatic heterocycles. The van der Waals surface area contributed by atoms with Gasteiger partial charge in [-0.15, -0.1) is 11.3 Å². The molecule has 2 aromatic heterocycles. The predicted octanol–water partition coefficient (Wildman–Crippen LogP) is 3.02. The van der Waals surface area contributed by atoms with Crippen LogP contribution in [0.2, 0.25) is 0 Å². The zero-order valence-electron chi connectivity index (χ0n) is 11.7. The second kappa shape index (κ2) is 5.17. The van der Waals surface area contributed by atoms with E-state index in [2.05, 4.69) is 43.0 Å². The zero-order valence-corrected chi connectivity index (χ0v) is 12.5. The summed E-state index contributed by atoms with van der Waals surface area (Å²) in [7, 11) is 0. The van der Waals surface area contributed by atoms with E-state index >= 15 is 0 Å². The normalized spacial score (nSPS) is 11.5. The Morgan fingerprint density at radius 2 is 1.95 bits per heavy atom. The van der Waals surface area contributed by atoms with Gasteiger partial charge in [0.05, 0.1) is 10.4 Å². The number of rotatable bonds is 4. The minimum atomic E-state index is -0.486. The first-order valence-corrected chi connectivity index (χ1v) is 7.25. The van der Waals surface area contributed by atoms with Crippen molar-refractivity contribution >= 4 is 33.0 Å². The molecule has 0 fully saturated rings. The predicted molar refractivity (Wildman–Crippen MR) is 80.9 cm³/mol. The third-order valence-electron chi connectivity index (χ3n) is 3.08. The van der Waals surface area contributed by atoms with E-state index in [0.29, 0.717) is 17.8 Å². The van der Waals surface area contributed by atoms with Crippen molar-refractivity contribution in [2.75, 3.05) is 4.90 Å². The number of anilines is 1. The average molecular weight is 277 g/mol. The third kappa shape index (κ3) is 2.56. The lowest BCUT2D eigenvalue weighted by Crippen LogP contribution is -2.36. The Hall–Kier alpha value is -1.62. The zero-order chi connectivity index (χ0) is 14.2. The van der Waals surface area contributed by atoms with Gasteiger partial charge >= 0.3 is 0 Å². The van der Waals surface area contributed by atoms with Crippen LogP contribution in [0.3, 0.4) is 0 Å². The summed E-state index contributed by atoms with van der Waals surface area (Å²) >= 11 is 1.64. The van der Waals surface area contributed by atoms with Crippen LogP contribution in [-0.2, 0) is 0 Å². The summed E-state index contributed by atoms with van der Waals surface area (Å²) in [6.07, 6.45) is 1.72. The summed E-state index contributed by atoms with van der Waals surface area (Å²) in [4.78, 5) is 17.7. The number of aromatic nitrogens is 1. The van der Waals surface area contributed by atoms with E-state index in [9.17, 15) is 4.79 Å². The molecule has 19 heavy (non-hydrogen) atoms. The van der Waals surface area contributed by atoms with Gasteiger partial charge in [0, 0.05) is 29.0 Å². The van der Waals surface area contributed by atoms with Gasteiger partial charge < -0.3 is 10.6 Å². The lowest BCUT2D eigenvalue weighted by atomic mass is 10.1. The molecule has 2 heterocycles. The molecule has 0 saturated carbocycles. The van der Waals surface area contributed by atoms with Crippen LogP contribution in [-0.4, -0.2) is 23.0 Å². The number of hydrogen-bond acceptors (Lipinski definition) is 4. The molecule has 0 radical (unpaired) electrons. The number of carbonyl (C=O) groups excluding carboxylic acids is 1. The van der Waals surface area contributed by atoms with Gasteiger partial charge in [-0.2, -0.15) is 0 Å². The van der Waals surface area contributed by atoms with Gasteiger partial charge in [0.2, 0.25) is 0 Å². The summed E-state index contributed by atoms with van der Waals surface area (Å²) < 4.78 is 1.08. The highest BCUT2D eigenvalue weighted by Gasteiger charge is 2.19. The van der Waals surface area contributed by atoms with Crippen LogP contribution in [0.5, 0.6) is 0 Å².